The molecular weight excluding hydrogens is 210 g/mol. The van der Waals surface area contributed by atoms with Crippen molar-refractivity contribution < 1.29 is 4.42 Å². The summed E-state index contributed by atoms with van der Waals surface area (Å²) >= 11 is 0. The molecule has 0 atom stereocenters. The summed E-state index contributed by atoms with van der Waals surface area (Å²) in [6, 6.07) is 12.9. The van der Waals surface area contributed by atoms with E-state index in [1.165, 1.54) is 11.1 Å². The summed E-state index contributed by atoms with van der Waals surface area (Å²) in [5, 5.41) is 3.39. The fraction of sp³-hybridized carbons (Fsp3) is 0.333. The summed E-state index contributed by atoms with van der Waals surface area (Å²) in [6.07, 6.45) is 2.74. The number of nitrogens with one attached hydrogen (secondary N) is 1. The molecule has 2 nitrogen and oxygen atoms in total. The van der Waals surface area contributed by atoms with Crippen molar-refractivity contribution in [3.8, 4) is 0 Å². The van der Waals surface area contributed by atoms with E-state index in [2.05, 4.69) is 42.6 Å². The molecule has 1 aliphatic heterocycles. The number of benzene rings is 1. The lowest BCUT2D eigenvalue weighted by molar-refractivity contribution is 0.258. The smallest absolute Gasteiger partial charge is 0.104 e. The largest absolute Gasteiger partial charge is 0.469 e. The Balaban J connectivity index is 1.89. The summed E-state index contributed by atoms with van der Waals surface area (Å²) in [5.74, 6) is 1.08. The molecule has 1 aromatic heterocycles. The Morgan fingerprint density at radius 2 is 1.94 bits per heavy atom. The highest BCUT2D eigenvalue weighted by Crippen LogP contribution is 2.32. The molecule has 17 heavy (non-hydrogen) atoms. The van der Waals surface area contributed by atoms with Gasteiger partial charge in [0.1, 0.15) is 5.76 Å². The Kier molecular flexibility index (Phi) is 2.52. The molecule has 0 spiro atoms. The quantitative estimate of drug-likeness (QED) is 0.872. The van der Waals surface area contributed by atoms with Gasteiger partial charge in [0.25, 0.3) is 0 Å². The number of aryl methyl sites for hydroxylation is 1. The minimum atomic E-state index is 0.228. The van der Waals surface area contributed by atoms with Gasteiger partial charge in [-0.15, -0.1) is 0 Å². The minimum absolute atomic E-state index is 0.228. The highest BCUT2D eigenvalue weighted by Gasteiger charge is 2.39. The van der Waals surface area contributed by atoms with Gasteiger partial charge in [0.2, 0.25) is 0 Å². The zero-order valence-electron chi connectivity index (χ0n) is 10.1. The van der Waals surface area contributed by atoms with Crippen molar-refractivity contribution in [3.05, 3.63) is 59.5 Å². The van der Waals surface area contributed by atoms with E-state index < -0.39 is 0 Å². The summed E-state index contributed by atoms with van der Waals surface area (Å²) < 4.78 is 5.48. The van der Waals surface area contributed by atoms with Gasteiger partial charge in [-0.05, 0) is 24.6 Å². The molecule has 2 heterocycles. The SMILES string of the molecule is Cc1ccc(C2(Cc3ccco3)CNC2)cc1. The predicted octanol–water partition coefficient (Wildman–Crippen LogP) is 2.67. The van der Waals surface area contributed by atoms with Crippen LogP contribution in [0.15, 0.2) is 47.1 Å². The van der Waals surface area contributed by atoms with Crippen LogP contribution in [0.2, 0.25) is 0 Å². The van der Waals surface area contributed by atoms with Gasteiger partial charge in [-0.25, -0.2) is 0 Å². The molecule has 0 aliphatic carbocycles. The van der Waals surface area contributed by atoms with Crippen molar-refractivity contribution in [3.63, 3.8) is 0 Å². The third kappa shape index (κ3) is 1.89. The van der Waals surface area contributed by atoms with Gasteiger partial charge in [-0.2, -0.15) is 0 Å². The van der Waals surface area contributed by atoms with Crippen molar-refractivity contribution in [1.29, 1.82) is 0 Å². The molecule has 3 rings (SSSR count). The van der Waals surface area contributed by atoms with E-state index in [0.717, 1.165) is 25.3 Å². The average molecular weight is 227 g/mol. The number of furan rings is 1. The molecule has 1 aromatic carbocycles. The van der Waals surface area contributed by atoms with Crippen LogP contribution in [0.1, 0.15) is 16.9 Å². The van der Waals surface area contributed by atoms with E-state index in [9.17, 15) is 0 Å². The van der Waals surface area contributed by atoms with E-state index >= 15 is 0 Å². The van der Waals surface area contributed by atoms with Gasteiger partial charge in [-0.3, -0.25) is 0 Å². The topological polar surface area (TPSA) is 25.2 Å². The van der Waals surface area contributed by atoms with Crippen molar-refractivity contribution in [2.45, 2.75) is 18.8 Å². The van der Waals surface area contributed by atoms with Crippen molar-refractivity contribution >= 4 is 0 Å². The van der Waals surface area contributed by atoms with Crippen molar-refractivity contribution in [1.82, 2.24) is 5.32 Å². The molecule has 88 valence electrons. The van der Waals surface area contributed by atoms with Gasteiger partial charge in [0.05, 0.1) is 6.26 Å². The van der Waals surface area contributed by atoms with Crippen LogP contribution in [0, 0.1) is 6.92 Å². The molecule has 0 saturated carbocycles. The molecule has 0 radical (unpaired) electrons. The van der Waals surface area contributed by atoms with Crippen LogP contribution < -0.4 is 5.32 Å². The van der Waals surface area contributed by atoms with Gasteiger partial charge in [0.15, 0.2) is 0 Å². The van der Waals surface area contributed by atoms with E-state index in [1.807, 2.05) is 6.07 Å². The molecule has 1 fully saturated rings. The normalized spacial score (nSPS) is 17.7. The van der Waals surface area contributed by atoms with Crippen LogP contribution in [-0.2, 0) is 11.8 Å². The maximum Gasteiger partial charge on any atom is 0.104 e. The Morgan fingerprint density at radius 3 is 2.47 bits per heavy atom. The molecule has 0 bridgehead atoms. The first-order chi connectivity index (χ1) is 8.28. The molecule has 1 aliphatic rings. The monoisotopic (exact) mass is 227 g/mol. The van der Waals surface area contributed by atoms with E-state index in [1.54, 1.807) is 6.26 Å². The Labute approximate surface area is 102 Å². The third-order valence-electron chi connectivity index (χ3n) is 3.68. The van der Waals surface area contributed by atoms with Crippen LogP contribution >= 0.6 is 0 Å². The first-order valence-electron chi connectivity index (χ1n) is 6.09. The molecular formula is C15H17NO. The molecule has 2 heteroatoms. The number of rotatable bonds is 3. The second-order valence-corrected chi connectivity index (χ2v) is 5.01. The number of hydrogen-bond acceptors (Lipinski definition) is 2. The van der Waals surface area contributed by atoms with Crippen LogP contribution in [0.5, 0.6) is 0 Å². The lowest BCUT2D eigenvalue weighted by Crippen LogP contribution is -2.58. The van der Waals surface area contributed by atoms with E-state index in [-0.39, 0.29) is 5.41 Å². The lowest BCUT2D eigenvalue weighted by Gasteiger charge is -2.43. The van der Waals surface area contributed by atoms with Gasteiger partial charge >= 0.3 is 0 Å². The summed E-state index contributed by atoms with van der Waals surface area (Å²) in [6.45, 7) is 4.20. The van der Waals surface area contributed by atoms with Gasteiger partial charge < -0.3 is 9.73 Å². The molecule has 1 N–H and O–H groups in total. The van der Waals surface area contributed by atoms with E-state index in [0.29, 0.717) is 0 Å². The standard InChI is InChI=1S/C15H17NO/c1-12-4-6-13(7-5-12)15(10-16-11-15)9-14-3-2-8-17-14/h2-8,16H,9-11H2,1H3. The third-order valence-corrected chi connectivity index (χ3v) is 3.68. The Hall–Kier alpha value is -1.54. The zero-order chi connectivity index (χ0) is 11.7. The van der Waals surface area contributed by atoms with Crippen LogP contribution in [0.25, 0.3) is 0 Å². The van der Waals surface area contributed by atoms with Crippen LogP contribution in [0.4, 0.5) is 0 Å². The predicted molar refractivity (Wildman–Crippen MR) is 68.1 cm³/mol. The van der Waals surface area contributed by atoms with Gasteiger partial charge in [0, 0.05) is 24.9 Å². The molecule has 2 aromatic rings. The molecule has 0 amide bonds. The fourth-order valence-corrected chi connectivity index (χ4v) is 2.51. The summed E-state index contributed by atoms with van der Waals surface area (Å²) in [7, 11) is 0. The van der Waals surface area contributed by atoms with Gasteiger partial charge in [-0.1, -0.05) is 29.8 Å². The second-order valence-electron chi connectivity index (χ2n) is 5.01. The number of hydrogen-bond donors (Lipinski definition) is 1. The highest BCUT2D eigenvalue weighted by molar-refractivity contribution is 5.33. The summed E-state index contributed by atoms with van der Waals surface area (Å²) in [4.78, 5) is 0. The first-order valence-corrected chi connectivity index (χ1v) is 6.09. The first kappa shape index (κ1) is 10.6. The maximum absolute atomic E-state index is 5.48. The fourth-order valence-electron chi connectivity index (χ4n) is 2.51. The summed E-state index contributed by atoms with van der Waals surface area (Å²) in [5.41, 5.74) is 2.96. The van der Waals surface area contributed by atoms with E-state index in [4.69, 9.17) is 4.42 Å². The maximum atomic E-state index is 5.48. The zero-order valence-corrected chi connectivity index (χ0v) is 10.1. The van der Waals surface area contributed by atoms with Crippen LogP contribution in [0.3, 0.4) is 0 Å². The van der Waals surface area contributed by atoms with Crippen LogP contribution in [-0.4, -0.2) is 13.1 Å². The average Bonchev–Trinajstić information content (AvgIpc) is 2.77. The van der Waals surface area contributed by atoms with Crippen molar-refractivity contribution in [2.75, 3.05) is 13.1 Å². The molecule has 0 unspecified atom stereocenters. The lowest BCUT2D eigenvalue weighted by atomic mass is 9.72. The molecule has 1 saturated heterocycles. The highest BCUT2D eigenvalue weighted by atomic mass is 16.3. The Morgan fingerprint density at radius 1 is 1.18 bits per heavy atom. The Bertz CT molecular complexity index is 480. The van der Waals surface area contributed by atoms with Crippen molar-refractivity contribution in [2.24, 2.45) is 0 Å². The second kappa shape index (κ2) is 4.04. The minimum Gasteiger partial charge on any atom is -0.469 e.